The van der Waals surface area contributed by atoms with Gasteiger partial charge in [-0.05, 0) is 44.4 Å². The molecule has 1 unspecified atom stereocenters. The number of carbonyl (C=O) groups excluding carboxylic acids is 2. The molecule has 1 aliphatic rings. The average Bonchev–Trinajstić information content (AvgIpc) is 2.98. The van der Waals surface area contributed by atoms with Gasteiger partial charge in [0.15, 0.2) is 0 Å². The molecule has 0 radical (unpaired) electrons. The van der Waals surface area contributed by atoms with Crippen LogP contribution < -0.4 is 0 Å². The number of unbranched alkanes of at least 4 members (excludes halogenated alkanes) is 3. The first-order valence-corrected chi connectivity index (χ1v) is 10.5. The van der Waals surface area contributed by atoms with Gasteiger partial charge in [0.1, 0.15) is 0 Å². The van der Waals surface area contributed by atoms with E-state index < -0.39 is 11.8 Å². The third kappa shape index (κ3) is 8.48. The highest BCUT2D eigenvalue weighted by Crippen LogP contribution is 2.36. The van der Waals surface area contributed by atoms with Gasteiger partial charge in [0, 0.05) is 12.3 Å². The maximum atomic E-state index is 11.4. The molecular formula is C22H38O4. The van der Waals surface area contributed by atoms with Crippen LogP contribution in [0.25, 0.3) is 0 Å². The van der Waals surface area contributed by atoms with E-state index in [0.717, 1.165) is 44.4 Å². The van der Waals surface area contributed by atoms with E-state index >= 15 is 0 Å². The molecule has 0 aromatic rings. The lowest BCUT2D eigenvalue weighted by atomic mass is 9.92. The van der Waals surface area contributed by atoms with Crippen molar-refractivity contribution >= 4 is 11.8 Å². The first-order chi connectivity index (χ1) is 12.5. The van der Waals surface area contributed by atoms with E-state index in [2.05, 4.69) is 24.7 Å². The third-order valence-corrected chi connectivity index (χ3v) is 5.62. The molecule has 150 valence electrons. The summed E-state index contributed by atoms with van der Waals surface area (Å²) < 4.78 is 4.43. The van der Waals surface area contributed by atoms with E-state index in [1.165, 1.54) is 38.4 Å². The summed E-state index contributed by atoms with van der Waals surface area (Å²) in [5, 5.41) is 10.3. The van der Waals surface area contributed by atoms with Crippen molar-refractivity contribution < 1.29 is 19.4 Å². The number of carbonyl (C=O) groups is 2. The molecule has 0 amide bonds. The monoisotopic (exact) mass is 366 g/mol. The minimum Gasteiger partial charge on any atom is -0.463 e. The molecule has 0 spiro atoms. The van der Waals surface area contributed by atoms with Crippen LogP contribution >= 0.6 is 0 Å². The van der Waals surface area contributed by atoms with Crippen molar-refractivity contribution in [3.8, 4) is 0 Å². The SMILES string of the molecule is CCCCC(C)CCC=C1CC[C@@H](O)[C@@H]1CCCCCC(=O)C(=O)OC. The number of aliphatic hydroxyl groups is 1. The van der Waals surface area contributed by atoms with Gasteiger partial charge in [0.05, 0.1) is 13.2 Å². The van der Waals surface area contributed by atoms with E-state index in [-0.39, 0.29) is 18.4 Å². The number of allylic oxidation sites excluding steroid dienone is 1. The van der Waals surface area contributed by atoms with Gasteiger partial charge >= 0.3 is 5.97 Å². The number of ketones is 1. The lowest BCUT2D eigenvalue weighted by molar-refractivity contribution is -0.151. The second-order valence-corrected chi connectivity index (χ2v) is 7.83. The Morgan fingerprint density at radius 3 is 2.69 bits per heavy atom. The molecule has 0 heterocycles. The Morgan fingerprint density at radius 2 is 2.00 bits per heavy atom. The van der Waals surface area contributed by atoms with Crippen LogP contribution in [-0.2, 0) is 14.3 Å². The molecule has 0 bridgehead atoms. The van der Waals surface area contributed by atoms with Crippen molar-refractivity contribution in [3.05, 3.63) is 11.6 Å². The Morgan fingerprint density at radius 1 is 1.23 bits per heavy atom. The molecule has 1 N–H and O–H groups in total. The first kappa shape index (κ1) is 22.9. The fraction of sp³-hybridized carbons (Fsp3) is 0.818. The largest absolute Gasteiger partial charge is 0.463 e. The molecule has 0 aromatic carbocycles. The van der Waals surface area contributed by atoms with Gasteiger partial charge in [-0.15, -0.1) is 0 Å². The summed E-state index contributed by atoms with van der Waals surface area (Å²) >= 11 is 0. The number of esters is 1. The molecule has 1 fully saturated rings. The smallest absolute Gasteiger partial charge is 0.374 e. The zero-order valence-corrected chi connectivity index (χ0v) is 17.0. The van der Waals surface area contributed by atoms with Gasteiger partial charge < -0.3 is 9.84 Å². The second-order valence-electron chi connectivity index (χ2n) is 7.83. The van der Waals surface area contributed by atoms with Crippen LogP contribution in [0.1, 0.15) is 90.9 Å². The van der Waals surface area contributed by atoms with Crippen molar-refractivity contribution in [2.24, 2.45) is 11.8 Å². The Labute approximate surface area is 159 Å². The Balaban J connectivity index is 2.29. The summed E-state index contributed by atoms with van der Waals surface area (Å²) in [7, 11) is 1.24. The van der Waals surface area contributed by atoms with Crippen LogP contribution in [-0.4, -0.2) is 30.1 Å². The third-order valence-electron chi connectivity index (χ3n) is 5.62. The summed E-state index contributed by atoms with van der Waals surface area (Å²) in [6.07, 6.45) is 14.2. The zero-order chi connectivity index (χ0) is 19.4. The van der Waals surface area contributed by atoms with Gasteiger partial charge in [0.2, 0.25) is 5.78 Å². The standard InChI is InChI=1S/C22H38O4/c1-4-5-10-17(2)11-9-12-18-15-16-20(23)19(18)13-7-6-8-14-21(24)22(25)26-3/h12,17,19-20,23H,4-11,13-16H2,1-3H3/t17?,19-,20-/m1/s1. The average molecular weight is 367 g/mol. The van der Waals surface area contributed by atoms with Crippen molar-refractivity contribution in [2.45, 2.75) is 97.0 Å². The molecule has 26 heavy (non-hydrogen) atoms. The quantitative estimate of drug-likeness (QED) is 0.216. The summed E-state index contributed by atoms with van der Waals surface area (Å²) in [6.45, 7) is 4.58. The molecule has 3 atom stereocenters. The van der Waals surface area contributed by atoms with Crippen molar-refractivity contribution in [2.75, 3.05) is 7.11 Å². The van der Waals surface area contributed by atoms with Crippen molar-refractivity contribution in [1.82, 2.24) is 0 Å². The molecule has 4 heteroatoms. The molecule has 1 aliphatic carbocycles. The van der Waals surface area contributed by atoms with Gasteiger partial charge in [-0.3, -0.25) is 4.79 Å². The highest BCUT2D eigenvalue weighted by Gasteiger charge is 2.29. The van der Waals surface area contributed by atoms with Crippen molar-refractivity contribution in [1.29, 1.82) is 0 Å². The van der Waals surface area contributed by atoms with Crippen LogP contribution in [0.3, 0.4) is 0 Å². The Hall–Kier alpha value is -1.16. The number of hydrogen-bond acceptors (Lipinski definition) is 4. The molecule has 0 saturated heterocycles. The molecule has 0 aliphatic heterocycles. The fourth-order valence-electron chi connectivity index (χ4n) is 3.87. The van der Waals surface area contributed by atoms with Crippen LogP contribution in [0.5, 0.6) is 0 Å². The minimum absolute atomic E-state index is 0.213. The maximum absolute atomic E-state index is 11.4. The minimum atomic E-state index is -0.741. The molecular weight excluding hydrogens is 328 g/mol. The number of hydrogen-bond donors (Lipinski definition) is 1. The molecule has 4 nitrogen and oxygen atoms in total. The normalized spacial score (nSPS) is 22.5. The van der Waals surface area contributed by atoms with E-state index in [4.69, 9.17) is 0 Å². The van der Waals surface area contributed by atoms with E-state index in [1.807, 2.05) is 0 Å². The van der Waals surface area contributed by atoms with Gasteiger partial charge in [-0.1, -0.05) is 57.6 Å². The summed E-state index contributed by atoms with van der Waals surface area (Å²) in [5.41, 5.74) is 1.44. The highest BCUT2D eigenvalue weighted by molar-refractivity contribution is 6.33. The van der Waals surface area contributed by atoms with E-state index in [1.54, 1.807) is 0 Å². The zero-order valence-electron chi connectivity index (χ0n) is 17.0. The molecule has 1 rings (SSSR count). The predicted octanol–water partition coefficient (Wildman–Crippen LogP) is 4.98. The topological polar surface area (TPSA) is 63.6 Å². The maximum Gasteiger partial charge on any atom is 0.374 e. The first-order valence-electron chi connectivity index (χ1n) is 10.5. The number of rotatable bonds is 13. The van der Waals surface area contributed by atoms with Crippen molar-refractivity contribution in [3.63, 3.8) is 0 Å². The Bertz CT molecular complexity index is 455. The van der Waals surface area contributed by atoms with E-state index in [9.17, 15) is 14.7 Å². The van der Waals surface area contributed by atoms with Crippen LogP contribution in [0.2, 0.25) is 0 Å². The number of methoxy groups -OCH3 is 1. The lowest BCUT2D eigenvalue weighted by Crippen LogP contribution is -2.15. The van der Waals surface area contributed by atoms with Crippen LogP contribution in [0.15, 0.2) is 11.6 Å². The van der Waals surface area contributed by atoms with Gasteiger partial charge in [-0.2, -0.15) is 0 Å². The Kier molecular flexibility index (Phi) is 11.5. The number of ether oxygens (including phenoxy) is 1. The van der Waals surface area contributed by atoms with Gasteiger partial charge in [-0.25, -0.2) is 4.79 Å². The number of aliphatic hydroxyl groups excluding tert-OH is 1. The lowest BCUT2D eigenvalue weighted by Gasteiger charge is -2.17. The molecule has 0 aromatic heterocycles. The van der Waals surface area contributed by atoms with Crippen LogP contribution in [0, 0.1) is 11.8 Å². The van der Waals surface area contributed by atoms with Gasteiger partial charge in [0.25, 0.3) is 0 Å². The predicted molar refractivity (Wildman–Crippen MR) is 105 cm³/mol. The highest BCUT2D eigenvalue weighted by atomic mass is 16.5. The second kappa shape index (κ2) is 13.1. The molecule has 1 saturated carbocycles. The fourth-order valence-corrected chi connectivity index (χ4v) is 3.87. The van der Waals surface area contributed by atoms with E-state index in [0.29, 0.717) is 6.42 Å². The summed E-state index contributed by atoms with van der Waals surface area (Å²) in [5.74, 6) is -0.109. The summed E-state index contributed by atoms with van der Waals surface area (Å²) in [6, 6.07) is 0. The number of Topliss-reactive ketones (excluding diaryl/α,β-unsaturated/α-hetero) is 1. The summed E-state index contributed by atoms with van der Waals surface area (Å²) in [4.78, 5) is 22.5. The van der Waals surface area contributed by atoms with Crippen LogP contribution in [0.4, 0.5) is 0 Å².